The van der Waals surface area contributed by atoms with E-state index in [2.05, 4.69) is 13.1 Å². The van der Waals surface area contributed by atoms with Gasteiger partial charge < -0.3 is 25.9 Å². The number of carbonyl (C=O) groups is 1. The Labute approximate surface area is 190 Å². The van der Waals surface area contributed by atoms with E-state index in [4.69, 9.17) is 25.9 Å². The summed E-state index contributed by atoms with van der Waals surface area (Å²) in [4.78, 5) is 12.0. The maximum Gasteiger partial charge on any atom is 0.344 e. The number of benzene rings is 1. The van der Waals surface area contributed by atoms with E-state index < -0.39 is 40.2 Å². The van der Waals surface area contributed by atoms with Gasteiger partial charge in [0.2, 0.25) is 0 Å². The average Bonchev–Trinajstić information content (AvgIpc) is 2.60. The van der Waals surface area contributed by atoms with Gasteiger partial charge in [0.25, 0.3) is 0 Å². The lowest BCUT2D eigenvalue weighted by Crippen LogP contribution is -2.65. The number of carbonyl (C=O) groups excluding carboxylic acids is 1. The lowest BCUT2D eigenvalue weighted by Gasteiger charge is -2.47. The van der Waals surface area contributed by atoms with Gasteiger partial charge in [0, 0.05) is 0 Å². The summed E-state index contributed by atoms with van der Waals surface area (Å²) >= 11 is 0. The van der Waals surface area contributed by atoms with Crippen LogP contribution in [0.15, 0.2) is 30.8 Å². The van der Waals surface area contributed by atoms with E-state index in [1.54, 1.807) is 18.2 Å². The van der Waals surface area contributed by atoms with Crippen LogP contribution in [0, 0.1) is 0 Å². The van der Waals surface area contributed by atoms with E-state index in [1.165, 1.54) is 0 Å². The van der Waals surface area contributed by atoms with Gasteiger partial charge in [-0.15, -0.1) is 0 Å². The molecule has 11 heteroatoms. The zero-order valence-electron chi connectivity index (χ0n) is 19.8. The van der Waals surface area contributed by atoms with Crippen LogP contribution in [0.2, 0.25) is 51.9 Å². The highest BCUT2D eigenvalue weighted by Crippen LogP contribution is 2.32. The van der Waals surface area contributed by atoms with Gasteiger partial charge in [0.15, 0.2) is 6.61 Å². The first kappa shape index (κ1) is 26.2. The predicted octanol–water partition coefficient (Wildman–Crippen LogP) is 4.90. The summed E-state index contributed by atoms with van der Waals surface area (Å²) in [5, 5.41) is 0. The molecule has 2 rings (SSSR count). The molecule has 0 saturated carbocycles. The molecule has 1 aliphatic heterocycles. The molecular formula is C20H36O7Si4. The van der Waals surface area contributed by atoms with Gasteiger partial charge in [-0.25, -0.2) is 4.79 Å². The number of esters is 1. The van der Waals surface area contributed by atoms with E-state index in [1.807, 2.05) is 51.4 Å². The highest BCUT2D eigenvalue weighted by atomic mass is 28.5. The molecule has 1 fully saturated rings. The second-order valence-electron chi connectivity index (χ2n) is 9.13. The van der Waals surface area contributed by atoms with E-state index in [9.17, 15) is 4.79 Å². The summed E-state index contributed by atoms with van der Waals surface area (Å²) in [6.07, 6.45) is 2.40. The molecule has 1 saturated heterocycles. The van der Waals surface area contributed by atoms with Crippen LogP contribution >= 0.6 is 0 Å². The van der Waals surface area contributed by atoms with Gasteiger partial charge >= 0.3 is 40.2 Å². The molecule has 0 spiro atoms. The van der Waals surface area contributed by atoms with Crippen LogP contribution in [0.4, 0.5) is 0 Å². The molecule has 0 N–H and O–H groups in total. The maximum absolute atomic E-state index is 12.0. The molecule has 0 bridgehead atoms. The third kappa shape index (κ3) is 9.14. The number of rotatable bonds is 8. The van der Waals surface area contributed by atoms with E-state index in [0.717, 1.165) is 5.56 Å². The Kier molecular flexibility index (Phi) is 8.66. The van der Waals surface area contributed by atoms with Gasteiger partial charge in [-0.1, -0.05) is 24.8 Å². The van der Waals surface area contributed by atoms with Crippen LogP contribution in [0.3, 0.4) is 0 Å². The first-order valence-electron chi connectivity index (χ1n) is 10.5. The maximum atomic E-state index is 12.0. The molecule has 174 valence electrons. The van der Waals surface area contributed by atoms with Crippen molar-refractivity contribution < 1.29 is 30.7 Å². The van der Waals surface area contributed by atoms with Gasteiger partial charge in [-0.2, -0.15) is 0 Å². The van der Waals surface area contributed by atoms with Crippen LogP contribution in [0.5, 0.6) is 5.75 Å². The smallest absolute Gasteiger partial charge is 0.344 e. The Bertz CT molecular complexity index is 743. The molecule has 1 aliphatic rings. The second kappa shape index (κ2) is 10.3. The normalized spacial score (nSPS) is 21.4. The molecular weight excluding hydrogens is 465 g/mol. The fourth-order valence-electron chi connectivity index (χ4n) is 3.87. The summed E-state index contributed by atoms with van der Waals surface area (Å²) < 4.78 is 36.5. The Hall–Kier alpha value is -1.06. The Morgan fingerprint density at radius 2 is 1.42 bits per heavy atom. The van der Waals surface area contributed by atoms with E-state index in [0.29, 0.717) is 24.8 Å². The lowest BCUT2D eigenvalue weighted by molar-refractivity contribution is -0.146. The molecule has 0 aliphatic carbocycles. The van der Waals surface area contributed by atoms with Crippen molar-refractivity contribution in [2.24, 2.45) is 0 Å². The van der Waals surface area contributed by atoms with Crippen molar-refractivity contribution >= 4 is 46.3 Å². The fraction of sp³-hybridized carbons (Fsp3) is 0.550. The molecule has 1 aromatic rings. The van der Waals surface area contributed by atoms with Gasteiger partial charge in [-0.05, 0) is 76.0 Å². The molecule has 0 aromatic heterocycles. The van der Waals surface area contributed by atoms with E-state index in [-0.39, 0.29) is 6.61 Å². The molecule has 7 nitrogen and oxygen atoms in total. The molecule has 1 heterocycles. The summed E-state index contributed by atoms with van der Waals surface area (Å²) in [6, 6.07) is 8.05. The molecule has 0 radical (unpaired) electrons. The monoisotopic (exact) mass is 500 g/mol. The van der Waals surface area contributed by atoms with Gasteiger partial charge in [0.05, 0.1) is 6.61 Å². The zero-order valence-corrected chi connectivity index (χ0v) is 23.8. The van der Waals surface area contributed by atoms with Crippen molar-refractivity contribution in [3.8, 4) is 5.75 Å². The van der Waals surface area contributed by atoms with Crippen molar-refractivity contribution in [2.45, 2.75) is 58.3 Å². The predicted molar refractivity (Wildman–Crippen MR) is 131 cm³/mol. The van der Waals surface area contributed by atoms with Gasteiger partial charge in [-0.3, -0.25) is 0 Å². The molecule has 0 atom stereocenters. The highest BCUT2D eigenvalue weighted by Gasteiger charge is 2.52. The number of hydrogen-bond donors (Lipinski definition) is 0. The lowest BCUT2D eigenvalue weighted by atomic mass is 10.2. The molecule has 0 amide bonds. The van der Waals surface area contributed by atoms with Gasteiger partial charge in [0.1, 0.15) is 5.75 Å². The largest absolute Gasteiger partial charge is 0.482 e. The summed E-state index contributed by atoms with van der Waals surface area (Å²) in [6.45, 7) is 18.2. The summed E-state index contributed by atoms with van der Waals surface area (Å²) in [7, 11) is -9.60. The Morgan fingerprint density at radius 1 is 0.903 bits per heavy atom. The Balaban J connectivity index is 1.82. The SMILES string of the molecule is C=Cc1ccc(OCC(=O)OCCC[Si]2(C)O[Si](C)(C)O[Si](C)(C)O[Si](C)(C)O2)cc1. The van der Waals surface area contributed by atoms with Crippen LogP contribution in [-0.2, 0) is 26.0 Å². The van der Waals surface area contributed by atoms with Crippen molar-refractivity contribution in [2.75, 3.05) is 13.2 Å². The highest BCUT2D eigenvalue weighted by molar-refractivity contribution is 6.93. The van der Waals surface area contributed by atoms with Crippen molar-refractivity contribution in [1.82, 2.24) is 0 Å². The summed E-state index contributed by atoms with van der Waals surface area (Å²) in [5.41, 5.74) is 0.991. The minimum atomic E-state index is -2.54. The first-order chi connectivity index (χ1) is 14.2. The van der Waals surface area contributed by atoms with Crippen molar-refractivity contribution in [1.29, 1.82) is 0 Å². The fourth-order valence-corrected chi connectivity index (χ4v) is 25.4. The molecule has 31 heavy (non-hydrogen) atoms. The number of hydrogen-bond acceptors (Lipinski definition) is 7. The van der Waals surface area contributed by atoms with Crippen LogP contribution < -0.4 is 4.74 Å². The Morgan fingerprint density at radius 3 is 1.94 bits per heavy atom. The minimum absolute atomic E-state index is 0.129. The third-order valence-electron chi connectivity index (χ3n) is 4.42. The van der Waals surface area contributed by atoms with Crippen LogP contribution in [-0.4, -0.2) is 53.4 Å². The third-order valence-corrected chi connectivity index (χ3v) is 20.9. The summed E-state index contributed by atoms with van der Waals surface area (Å²) in [5.74, 6) is 0.215. The van der Waals surface area contributed by atoms with E-state index >= 15 is 0 Å². The first-order valence-corrected chi connectivity index (χ1v) is 21.5. The quantitative estimate of drug-likeness (QED) is 0.285. The topological polar surface area (TPSA) is 72.5 Å². The van der Waals surface area contributed by atoms with Crippen LogP contribution in [0.1, 0.15) is 12.0 Å². The standard InChI is InChI=1S/C20H36O7Si4/c1-9-18-11-13-19(14-12-18)23-17-20(21)22-15-10-16-31(8)26-29(4,5)24-28(2,3)25-30(6,7)27-31/h9,11-14H,1,10,15-17H2,2-8H3. The average molecular weight is 501 g/mol. The van der Waals surface area contributed by atoms with Crippen molar-refractivity contribution in [3.63, 3.8) is 0 Å². The zero-order chi connectivity index (χ0) is 23.3. The molecule has 0 unspecified atom stereocenters. The second-order valence-corrected chi connectivity index (χ2v) is 23.6. The van der Waals surface area contributed by atoms with Crippen LogP contribution in [0.25, 0.3) is 6.08 Å². The number of ether oxygens (including phenoxy) is 2. The van der Waals surface area contributed by atoms with Crippen molar-refractivity contribution in [3.05, 3.63) is 36.4 Å². The molecule has 1 aromatic carbocycles. The minimum Gasteiger partial charge on any atom is -0.482 e.